The Morgan fingerprint density at radius 3 is 2.93 bits per heavy atom. The Bertz CT molecular complexity index is 744. The molecule has 2 N–H and O–H groups in total. The van der Waals surface area contributed by atoms with Crippen molar-refractivity contribution in [2.75, 3.05) is 13.1 Å². The van der Waals surface area contributed by atoms with Crippen molar-refractivity contribution in [3.05, 3.63) is 11.0 Å². The van der Waals surface area contributed by atoms with Crippen LogP contribution >= 0.6 is 11.8 Å². The van der Waals surface area contributed by atoms with E-state index in [0.717, 1.165) is 30.7 Å². The first-order chi connectivity index (χ1) is 13.6. The van der Waals surface area contributed by atoms with Gasteiger partial charge in [0, 0.05) is 42.3 Å². The molecule has 3 aliphatic heterocycles. The molecule has 10 heteroatoms. The maximum atomic E-state index is 13.0. The number of likely N-dealkylation sites (tertiary alicyclic amines) is 1. The number of aliphatic hydroxyl groups excluding tert-OH is 1. The van der Waals surface area contributed by atoms with Gasteiger partial charge in [-0.05, 0) is 25.7 Å². The van der Waals surface area contributed by atoms with E-state index < -0.39 is 24.4 Å². The van der Waals surface area contributed by atoms with Crippen molar-refractivity contribution in [3.63, 3.8) is 0 Å². The zero-order valence-electron chi connectivity index (χ0n) is 16.4. The van der Waals surface area contributed by atoms with Crippen LogP contribution in [0.2, 0.25) is 0 Å². The molecule has 2 fully saturated rings. The highest BCUT2D eigenvalue weighted by molar-refractivity contribution is 8.04. The minimum Gasteiger partial charge on any atom is -0.382 e. The van der Waals surface area contributed by atoms with E-state index in [1.807, 2.05) is 11.0 Å². The van der Waals surface area contributed by atoms with Gasteiger partial charge in [-0.2, -0.15) is 13.2 Å². The second-order valence-corrected chi connectivity index (χ2v) is 9.86. The van der Waals surface area contributed by atoms with Crippen molar-refractivity contribution in [2.45, 2.75) is 69.3 Å². The fourth-order valence-corrected chi connectivity index (χ4v) is 6.17. The van der Waals surface area contributed by atoms with E-state index >= 15 is 0 Å². The summed E-state index contributed by atoms with van der Waals surface area (Å²) < 4.78 is 39.1. The van der Waals surface area contributed by atoms with E-state index in [0.29, 0.717) is 18.7 Å². The van der Waals surface area contributed by atoms with Crippen LogP contribution in [-0.4, -0.2) is 64.5 Å². The summed E-state index contributed by atoms with van der Waals surface area (Å²) in [5.41, 5.74) is 0.435. The number of amides is 1. The monoisotopic (exact) mass is 433 g/mol. The lowest BCUT2D eigenvalue weighted by Crippen LogP contribution is -2.46. The van der Waals surface area contributed by atoms with Gasteiger partial charge in [-0.3, -0.25) is 9.69 Å². The fourth-order valence-electron chi connectivity index (χ4n) is 4.81. The molecule has 1 saturated heterocycles. The molecular formula is C19H26F3N3O3S. The van der Waals surface area contributed by atoms with Crippen LogP contribution in [0.25, 0.3) is 0 Å². The van der Waals surface area contributed by atoms with Crippen molar-refractivity contribution >= 4 is 23.4 Å². The highest BCUT2D eigenvalue weighted by Crippen LogP contribution is 2.53. The average Bonchev–Trinajstić information content (AvgIpc) is 3.02. The van der Waals surface area contributed by atoms with E-state index in [2.05, 4.69) is 15.3 Å². The second-order valence-electron chi connectivity index (χ2n) is 8.59. The summed E-state index contributed by atoms with van der Waals surface area (Å²) in [6.07, 6.45) is -1.79. The first-order valence-electron chi connectivity index (χ1n) is 9.97. The zero-order chi connectivity index (χ0) is 21.0. The normalized spacial score (nSPS) is 38.4. The number of allylic oxidation sites excluding steroid dienone is 1. The number of carbonyl (C=O) groups excluding carboxylic acids is 1. The quantitative estimate of drug-likeness (QED) is 0.713. The van der Waals surface area contributed by atoms with Gasteiger partial charge in [0.1, 0.15) is 6.23 Å². The van der Waals surface area contributed by atoms with Crippen molar-refractivity contribution in [2.24, 2.45) is 16.5 Å². The number of thioether (sulfide) groups is 1. The number of nitrogens with one attached hydrogen (secondary N) is 1. The fraction of sp³-hybridized carbons (Fsp3) is 0.789. The van der Waals surface area contributed by atoms with Gasteiger partial charge < -0.3 is 15.3 Å². The third-order valence-electron chi connectivity index (χ3n) is 6.46. The molecule has 6 nitrogen and oxygen atoms in total. The molecular weight excluding hydrogens is 407 g/mol. The summed E-state index contributed by atoms with van der Waals surface area (Å²) in [7, 11) is 0. The maximum Gasteiger partial charge on any atom is 0.428 e. The van der Waals surface area contributed by atoms with Crippen LogP contribution in [0.5, 0.6) is 0 Å². The lowest BCUT2D eigenvalue weighted by Gasteiger charge is -2.37. The first-order valence-corrected chi connectivity index (χ1v) is 10.8. The molecule has 0 aromatic rings. The number of alkyl halides is 3. The summed E-state index contributed by atoms with van der Waals surface area (Å²) in [5.74, 6) is -0.868. The summed E-state index contributed by atoms with van der Waals surface area (Å²) in [6.45, 7) is 4.47. The molecule has 29 heavy (non-hydrogen) atoms. The van der Waals surface area contributed by atoms with E-state index in [1.165, 1.54) is 25.6 Å². The standard InChI is InChI=1S/C19H26F3N3O3S/c1-10-15(24-28-16(10)19(20,21)22)12-4-5-13(29-12)17(27)25-7-3-6-18(9-25)8-14(18)23-11(2)26/h5,10,12,14,16-17,27H,3-4,6-9H2,1-2H3,(H,23,26). The van der Waals surface area contributed by atoms with Gasteiger partial charge >= 0.3 is 6.18 Å². The number of halogens is 3. The molecule has 162 valence electrons. The number of hydrogen-bond acceptors (Lipinski definition) is 6. The number of aliphatic hydroxyl groups is 1. The Morgan fingerprint density at radius 1 is 1.52 bits per heavy atom. The number of hydrogen-bond donors (Lipinski definition) is 2. The Morgan fingerprint density at radius 2 is 2.28 bits per heavy atom. The van der Waals surface area contributed by atoms with Crippen molar-refractivity contribution < 1.29 is 27.9 Å². The topological polar surface area (TPSA) is 74.2 Å². The van der Waals surface area contributed by atoms with Crippen LogP contribution in [0.4, 0.5) is 13.2 Å². The average molecular weight is 433 g/mol. The van der Waals surface area contributed by atoms with Crippen molar-refractivity contribution in [1.82, 2.24) is 10.2 Å². The molecule has 0 aromatic heterocycles. The zero-order valence-corrected chi connectivity index (χ0v) is 17.2. The second kappa shape index (κ2) is 7.46. The SMILES string of the molecule is CC(=O)NC1CC12CCCN(C(O)C1=CCC(C3=NOC(C(F)(F)F)C3C)S1)C2. The lowest BCUT2D eigenvalue weighted by molar-refractivity contribution is -0.220. The molecule has 0 aromatic carbocycles. The maximum absolute atomic E-state index is 13.0. The van der Waals surface area contributed by atoms with Crippen molar-refractivity contribution in [3.8, 4) is 0 Å². The Balaban J connectivity index is 1.34. The van der Waals surface area contributed by atoms with Gasteiger partial charge in [-0.1, -0.05) is 18.2 Å². The Hall–Kier alpha value is -1.26. The largest absolute Gasteiger partial charge is 0.428 e. The summed E-state index contributed by atoms with van der Waals surface area (Å²) >= 11 is 1.38. The molecule has 1 aliphatic carbocycles. The van der Waals surface area contributed by atoms with Gasteiger partial charge in [0.2, 0.25) is 12.0 Å². The van der Waals surface area contributed by atoms with E-state index in [9.17, 15) is 23.1 Å². The molecule has 1 amide bonds. The molecule has 6 atom stereocenters. The summed E-state index contributed by atoms with van der Waals surface area (Å²) in [4.78, 5) is 18.8. The van der Waals surface area contributed by atoms with Crippen LogP contribution in [0.3, 0.4) is 0 Å². The number of oxime groups is 1. The van der Waals surface area contributed by atoms with Crippen LogP contribution in [0, 0.1) is 11.3 Å². The molecule has 0 bridgehead atoms. The number of carbonyl (C=O) groups is 1. The Labute approximate surface area is 171 Å². The molecule has 4 aliphatic rings. The molecule has 6 unspecified atom stereocenters. The van der Waals surface area contributed by atoms with Gasteiger partial charge in [0.15, 0.2) is 0 Å². The Kier molecular flexibility index (Phi) is 5.40. The smallest absolute Gasteiger partial charge is 0.382 e. The predicted octanol–water partition coefficient (Wildman–Crippen LogP) is 2.64. The van der Waals surface area contributed by atoms with Crippen LogP contribution in [-0.2, 0) is 9.63 Å². The van der Waals surface area contributed by atoms with Gasteiger partial charge in [0.25, 0.3) is 0 Å². The molecule has 1 spiro atoms. The minimum absolute atomic E-state index is 0.0337. The molecule has 4 rings (SSSR count). The third kappa shape index (κ3) is 4.03. The van der Waals surface area contributed by atoms with Gasteiger partial charge in [-0.25, -0.2) is 0 Å². The third-order valence-corrected chi connectivity index (χ3v) is 7.83. The summed E-state index contributed by atoms with van der Waals surface area (Å²) in [5, 5.41) is 17.4. The highest BCUT2D eigenvalue weighted by Gasteiger charge is 2.57. The molecule has 1 saturated carbocycles. The van der Waals surface area contributed by atoms with E-state index in [1.54, 1.807) is 0 Å². The predicted molar refractivity (Wildman–Crippen MR) is 103 cm³/mol. The van der Waals surface area contributed by atoms with E-state index in [-0.39, 0.29) is 22.6 Å². The van der Waals surface area contributed by atoms with Crippen LogP contribution in [0.1, 0.15) is 39.5 Å². The van der Waals surface area contributed by atoms with Gasteiger partial charge in [0.05, 0.1) is 11.0 Å². The van der Waals surface area contributed by atoms with Crippen LogP contribution < -0.4 is 5.32 Å². The minimum atomic E-state index is -4.44. The lowest BCUT2D eigenvalue weighted by atomic mass is 9.93. The number of nitrogens with zero attached hydrogens (tertiary/aromatic N) is 2. The van der Waals surface area contributed by atoms with Crippen LogP contribution in [0.15, 0.2) is 16.1 Å². The number of piperidine rings is 1. The van der Waals surface area contributed by atoms with Gasteiger partial charge in [-0.15, -0.1) is 11.8 Å². The van der Waals surface area contributed by atoms with Crippen molar-refractivity contribution in [1.29, 1.82) is 0 Å². The van der Waals surface area contributed by atoms with E-state index in [4.69, 9.17) is 0 Å². The molecule has 3 heterocycles. The highest BCUT2D eigenvalue weighted by atomic mass is 32.2. The number of rotatable bonds is 4. The summed E-state index contributed by atoms with van der Waals surface area (Å²) in [6, 6.07) is 0.165. The first kappa shape index (κ1) is 21.0. The molecule has 0 radical (unpaired) electrons.